The molecule has 33 heteroatoms. The molecule has 3 amide bonds. The van der Waals surface area contributed by atoms with Crippen LogP contribution >= 0.6 is 11.6 Å². The van der Waals surface area contributed by atoms with Crippen LogP contribution in [0.15, 0.2) is 187 Å². The SMILES string of the molecule is C.CCOC(=O)C(=O)Cl.CCOC(=O)c1nc(Cc2ccccc2)no1.Cc1cc(N)nc(C)c1CNC(=O)c1nc(Cc2ccccc2)no1.Cc1cc(NC(=O)OC(C)(C)C)nc(C)c1CNC(=O)c1nc(Cc2ccccc2)no1.N/C(Cc1ccccc1)=N\O.O=C(O)c1nc(Cc2ccccc2)no1. The summed E-state index contributed by atoms with van der Waals surface area (Å²) in [7, 11) is 0. The summed E-state index contributed by atoms with van der Waals surface area (Å²) in [5.74, 6) is -1.45. The molecule has 0 radical (unpaired) electrons. The number of rotatable bonds is 22. The van der Waals surface area contributed by atoms with E-state index in [2.05, 4.69) is 80.9 Å². The van der Waals surface area contributed by atoms with Crippen molar-refractivity contribution in [1.29, 1.82) is 0 Å². The van der Waals surface area contributed by atoms with Crippen LogP contribution in [-0.4, -0.2) is 127 Å². The molecule has 0 spiro atoms. The molecule has 32 nitrogen and oxygen atoms in total. The van der Waals surface area contributed by atoms with Gasteiger partial charge in [0.1, 0.15) is 23.1 Å². The van der Waals surface area contributed by atoms with Gasteiger partial charge in [-0.15, -0.1) is 0 Å². The zero-order chi connectivity index (χ0) is 78.5. The predicted octanol–water partition coefficient (Wildman–Crippen LogP) is 11.3. The standard InChI is InChI=1S/C23H27N5O4.C18H19N5O2.C12H12N2O3.C10H8N2O3.C8H10N2O.C4H5ClO3.CH4/c1-14-11-18(27-22(30)31-23(3,4)5)25-15(2)17(14)13-24-20(29)21-26-19(28-32-21)12-16-9-7-6-8-10-16;1-11-8-15(19)21-12(2)14(11)10-20-17(24)18-22-16(23-25-18)9-13-6-4-3-5-7-13;1-2-16-12(15)11-13-10(14-17-11)8-9-6-4-3-5-7-9;13-10(14)9-11-8(12-15-9)6-7-4-2-1-3-5-7;9-8(10-11)6-7-4-2-1-3-5-7;1-2-8-4(7)3(5)6;/h6-11H,12-13H2,1-5H3,(H,24,29)(H,25,27,30);3-8H,9-10H2,1-2H3,(H2,19,21)(H,20,24);3-7H,2,8H2,1H3;1-5H,6H2,(H,13,14);1-5,11H,6H2,(H2,9,10);2H2,1H3;1H4. The summed E-state index contributed by atoms with van der Waals surface area (Å²) in [5, 5.41) is 41.8. The molecule has 11 rings (SSSR count). The largest absolute Gasteiger partial charge is 0.474 e. The Morgan fingerprint density at radius 2 is 0.872 bits per heavy atom. The summed E-state index contributed by atoms with van der Waals surface area (Å²) < 4.78 is 33.7. The lowest BCUT2D eigenvalue weighted by Gasteiger charge is -2.20. The number of aromatic carboxylic acids is 1. The van der Waals surface area contributed by atoms with Gasteiger partial charge in [-0.25, -0.2) is 29.1 Å². The highest BCUT2D eigenvalue weighted by molar-refractivity contribution is 6.80. The minimum Gasteiger partial charge on any atom is -0.474 e. The lowest BCUT2D eigenvalue weighted by Crippen LogP contribution is -2.28. The molecule has 0 aliphatic carbocycles. The number of nitrogens with one attached hydrogen (secondary N) is 3. The van der Waals surface area contributed by atoms with Gasteiger partial charge in [0, 0.05) is 56.6 Å². The topological polar surface area (TPSA) is 470 Å². The molecule has 0 fully saturated rings. The first-order chi connectivity index (χ1) is 51.7. The summed E-state index contributed by atoms with van der Waals surface area (Å²) in [6.07, 6.45) is 1.91. The summed E-state index contributed by atoms with van der Waals surface area (Å²) in [6.45, 7) is 17.2. The fourth-order valence-corrected chi connectivity index (χ4v) is 9.29. The number of hydrogen-bond donors (Lipinski definition) is 7. The Morgan fingerprint density at radius 1 is 0.514 bits per heavy atom. The minimum absolute atomic E-state index is 0. The summed E-state index contributed by atoms with van der Waals surface area (Å²) in [6, 6.07) is 51.8. The van der Waals surface area contributed by atoms with Crippen molar-refractivity contribution in [2.75, 3.05) is 24.3 Å². The van der Waals surface area contributed by atoms with Crippen molar-refractivity contribution in [1.82, 2.24) is 61.2 Å². The molecule has 0 bridgehead atoms. The van der Waals surface area contributed by atoms with Gasteiger partial charge in [0.15, 0.2) is 23.3 Å². The Hall–Kier alpha value is -13.4. The fraction of sp³-hybridized carbons (Fsp3) is 0.263. The van der Waals surface area contributed by atoms with Gasteiger partial charge in [-0.05, 0) is 136 Å². The van der Waals surface area contributed by atoms with Crippen LogP contribution in [-0.2, 0) is 69.0 Å². The van der Waals surface area contributed by atoms with Crippen LogP contribution in [0.2, 0.25) is 0 Å². The van der Waals surface area contributed by atoms with Crippen molar-refractivity contribution in [3.05, 3.63) is 272 Å². The number of nitrogens with zero attached hydrogens (tertiary/aromatic N) is 11. The van der Waals surface area contributed by atoms with Gasteiger partial charge >= 0.3 is 64.6 Å². The van der Waals surface area contributed by atoms with Crippen molar-refractivity contribution < 1.29 is 76.2 Å². The molecule has 9 N–H and O–H groups in total. The number of carbonyl (C=O) groups excluding carboxylic acids is 6. The molecular formula is C76H85ClN16O16. The van der Waals surface area contributed by atoms with Gasteiger partial charge in [0.25, 0.3) is 0 Å². The van der Waals surface area contributed by atoms with E-state index in [0.29, 0.717) is 79.3 Å². The zero-order valence-corrected chi connectivity index (χ0v) is 61.3. The molecule has 0 aliphatic heterocycles. The maximum absolute atomic E-state index is 12.5. The van der Waals surface area contributed by atoms with Gasteiger partial charge in [0.05, 0.1) is 13.2 Å². The maximum Gasteiger partial charge on any atom is 0.413 e. The fourth-order valence-electron chi connectivity index (χ4n) is 9.23. The Labute approximate surface area is 632 Å². The van der Waals surface area contributed by atoms with Gasteiger partial charge in [-0.2, -0.15) is 19.9 Å². The number of carbonyl (C=O) groups is 7. The molecule has 109 heavy (non-hydrogen) atoms. The van der Waals surface area contributed by atoms with Gasteiger partial charge in [-0.1, -0.05) is 185 Å². The molecular weight excluding hydrogens is 1430 g/mol. The molecule has 0 saturated heterocycles. The quantitative estimate of drug-likeness (QED) is 0.00484. The third kappa shape index (κ3) is 31.1. The maximum atomic E-state index is 12.5. The number of hydrogen-bond acceptors (Lipinski definition) is 27. The Balaban J connectivity index is 0.000000247. The minimum atomic E-state index is -1.21. The molecule has 11 aromatic rings. The number of anilines is 2. The van der Waals surface area contributed by atoms with Crippen LogP contribution in [0.4, 0.5) is 16.4 Å². The normalized spacial score (nSPS) is 10.5. The van der Waals surface area contributed by atoms with Crippen LogP contribution in [0.25, 0.3) is 0 Å². The third-order valence-electron chi connectivity index (χ3n) is 14.1. The second-order valence-electron chi connectivity index (χ2n) is 23.8. The van der Waals surface area contributed by atoms with Gasteiger partial charge < -0.3 is 64.7 Å². The molecule has 0 unspecified atom stereocenters. The number of halogens is 1. The molecule has 0 saturated carbocycles. The number of carboxylic acids is 1. The van der Waals surface area contributed by atoms with Crippen molar-refractivity contribution in [3.8, 4) is 0 Å². The number of aryl methyl sites for hydroxylation is 4. The average Bonchev–Trinajstić information content (AvgIpc) is 1.62. The van der Waals surface area contributed by atoms with E-state index in [9.17, 15) is 33.6 Å². The number of nitrogen functional groups attached to an aromatic ring is 1. The lowest BCUT2D eigenvalue weighted by molar-refractivity contribution is -0.149. The number of carboxylic acid groups (broad SMARTS) is 1. The molecule has 0 atom stereocenters. The molecule has 572 valence electrons. The van der Waals surface area contributed by atoms with E-state index in [0.717, 1.165) is 55.8 Å². The van der Waals surface area contributed by atoms with Crippen molar-refractivity contribution in [3.63, 3.8) is 0 Å². The van der Waals surface area contributed by atoms with Crippen LogP contribution < -0.4 is 27.4 Å². The van der Waals surface area contributed by atoms with E-state index in [-0.39, 0.29) is 56.6 Å². The number of pyridine rings is 2. The summed E-state index contributed by atoms with van der Waals surface area (Å²) in [5.41, 5.74) is 20.6. The second kappa shape index (κ2) is 44.4. The zero-order valence-electron chi connectivity index (χ0n) is 60.5. The average molecular weight is 1510 g/mol. The molecule has 6 aromatic heterocycles. The summed E-state index contributed by atoms with van der Waals surface area (Å²) >= 11 is 4.69. The molecule has 6 heterocycles. The summed E-state index contributed by atoms with van der Waals surface area (Å²) in [4.78, 5) is 103. The predicted molar refractivity (Wildman–Crippen MR) is 399 cm³/mol. The number of nitrogens with two attached hydrogens (primary N) is 2. The Morgan fingerprint density at radius 3 is 1.21 bits per heavy atom. The van der Waals surface area contributed by atoms with Crippen LogP contribution in [0.1, 0.15) is 170 Å². The van der Waals surface area contributed by atoms with Crippen molar-refractivity contribution in [2.45, 2.75) is 121 Å². The van der Waals surface area contributed by atoms with Gasteiger partial charge in [0.2, 0.25) is 0 Å². The number of amides is 3. The first-order valence-corrected chi connectivity index (χ1v) is 33.6. The second-order valence-corrected chi connectivity index (χ2v) is 24.1. The Bertz CT molecular complexity index is 4680. The number of aromatic nitrogens is 10. The van der Waals surface area contributed by atoms with Crippen molar-refractivity contribution >= 4 is 70.1 Å². The van der Waals surface area contributed by atoms with E-state index in [1.165, 1.54) is 0 Å². The van der Waals surface area contributed by atoms with E-state index in [1.807, 2.05) is 172 Å². The van der Waals surface area contributed by atoms with E-state index >= 15 is 0 Å². The first-order valence-electron chi connectivity index (χ1n) is 33.2. The lowest BCUT2D eigenvalue weighted by atomic mass is 10.1. The first kappa shape index (κ1) is 86.3. The Kier molecular flexibility index (Phi) is 35.2. The van der Waals surface area contributed by atoms with Crippen LogP contribution in [0, 0.1) is 27.7 Å². The number of oxime groups is 1. The molecule has 5 aromatic carbocycles. The highest BCUT2D eigenvalue weighted by Crippen LogP contribution is 2.20. The van der Waals surface area contributed by atoms with E-state index in [4.69, 9.17) is 56.4 Å². The highest BCUT2D eigenvalue weighted by Gasteiger charge is 2.22. The van der Waals surface area contributed by atoms with E-state index < -0.39 is 46.7 Å². The monoisotopic (exact) mass is 1510 g/mol. The highest BCUT2D eigenvalue weighted by atomic mass is 35.5. The number of benzene rings is 5. The number of esters is 2. The van der Waals surface area contributed by atoms with Gasteiger partial charge in [-0.3, -0.25) is 19.7 Å². The van der Waals surface area contributed by atoms with Crippen molar-refractivity contribution in [2.24, 2.45) is 10.9 Å². The van der Waals surface area contributed by atoms with E-state index in [1.54, 1.807) is 53.7 Å². The molecule has 0 aliphatic rings. The van der Waals surface area contributed by atoms with Crippen LogP contribution in [0.5, 0.6) is 0 Å². The third-order valence-corrected chi connectivity index (χ3v) is 14.3. The number of ether oxygens (including phenoxy) is 3. The van der Waals surface area contributed by atoms with Crippen LogP contribution in [0.3, 0.4) is 0 Å². The smallest absolute Gasteiger partial charge is 0.413 e. The number of amidine groups is 1.